The smallest absolute Gasteiger partial charge is 0.322 e. The number of nitrogens with one attached hydrogen (secondary N) is 1. The Morgan fingerprint density at radius 2 is 1.76 bits per heavy atom. The van der Waals surface area contributed by atoms with E-state index in [1.54, 1.807) is 12.0 Å². The topological polar surface area (TPSA) is 80.5 Å². The van der Waals surface area contributed by atoms with Crippen LogP contribution >= 0.6 is 0 Å². The number of aryl methyl sites for hydroxylation is 3. The van der Waals surface area contributed by atoms with Crippen molar-refractivity contribution in [3.63, 3.8) is 0 Å². The van der Waals surface area contributed by atoms with Crippen LogP contribution in [-0.4, -0.2) is 28.2 Å². The first-order chi connectivity index (χ1) is 17.8. The number of urea groups is 1. The minimum absolute atomic E-state index is 0.166. The Hall–Kier alpha value is -4.39. The van der Waals surface area contributed by atoms with Gasteiger partial charge in [-0.25, -0.2) is 4.79 Å². The van der Waals surface area contributed by atoms with Gasteiger partial charge in [0.2, 0.25) is 5.82 Å². The van der Waals surface area contributed by atoms with Gasteiger partial charge in [-0.15, -0.1) is 0 Å². The van der Waals surface area contributed by atoms with Crippen molar-refractivity contribution in [3.05, 3.63) is 106 Å². The molecule has 2 amide bonds. The van der Waals surface area contributed by atoms with Crippen molar-refractivity contribution < 1.29 is 14.1 Å². The molecule has 5 rings (SSSR count). The van der Waals surface area contributed by atoms with E-state index in [1.807, 2.05) is 62.4 Å². The first-order valence-corrected chi connectivity index (χ1v) is 12.2. The molecule has 0 fully saturated rings. The summed E-state index contributed by atoms with van der Waals surface area (Å²) in [4.78, 5) is 19.9. The molecule has 0 radical (unpaired) electrons. The number of allylic oxidation sites excluding steroid dienone is 1. The molecule has 0 saturated heterocycles. The van der Waals surface area contributed by atoms with Crippen molar-refractivity contribution >= 4 is 11.6 Å². The number of benzene rings is 3. The lowest BCUT2D eigenvalue weighted by Crippen LogP contribution is -2.45. The first-order valence-electron chi connectivity index (χ1n) is 12.2. The van der Waals surface area contributed by atoms with Gasteiger partial charge in [-0.05, 0) is 74.2 Å². The van der Waals surface area contributed by atoms with Crippen LogP contribution in [0, 0.1) is 20.8 Å². The SMILES string of the molecule is COc1ccc(-c2noc(C3=C(C)N(Cc4cccc(C)c4)C(=O)NC3c3ccc(C)c(C)c3)n2)cc1. The highest BCUT2D eigenvalue weighted by Crippen LogP contribution is 2.38. The van der Waals surface area contributed by atoms with Crippen LogP contribution in [0.1, 0.15) is 46.7 Å². The zero-order chi connectivity index (χ0) is 26.1. The lowest BCUT2D eigenvalue weighted by Gasteiger charge is -2.35. The van der Waals surface area contributed by atoms with E-state index in [4.69, 9.17) is 14.2 Å². The molecule has 188 valence electrons. The summed E-state index contributed by atoms with van der Waals surface area (Å²) in [5.74, 6) is 1.60. The number of carbonyl (C=O) groups is 1. The molecule has 1 aliphatic heterocycles. The van der Waals surface area contributed by atoms with E-state index in [2.05, 4.69) is 42.5 Å². The van der Waals surface area contributed by atoms with E-state index in [0.717, 1.165) is 44.8 Å². The summed E-state index contributed by atoms with van der Waals surface area (Å²) < 4.78 is 11.1. The third-order valence-electron chi connectivity index (χ3n) is 6.89. The molecule has 1 aliphatic rings. The molecule has 0 saturated carbocycles. The normalized spacial score (nSPS) is 15.6. The Morgan fingerprint density at radius 1 is 0.973 bits per heavy atom. The van der Waals surface area contributed by atoms with Gasteiger partial charge in [-0.1, -0.05) is 53.2 Å². The first kappa shape index (κ1) is 24.3. The molecule has 0 spiro atoms. The zero-order valence-electron chi connectivity index (χ0n) is 21.7. The fourth-order valence-electron chi connectivity index (χ4n) is 4.63. The predicted molar refractivity (Wildman–Crippen MR) is 143 cm³/mol. The van der Waals surface area contributed by atoms with E-state index in [1.165, 1.54) is 5.56 Å². The molecule has 37 heavy (non-hydrogen) atoms. The number of nitrogens with zero attached hydrogens (tertiary/aromatic N) is 3. The minimum atomic E-state index is -0.426. The molecule has 7 nitrogen and oxygen atoms in total. The van der Waals surface area contributed by atoms with Gasteiger partial charge in [-0.3, -0.25) is 4.90 Å². The number of aromatic nitrogens is 2. The maximum Gasteiger partial charge on any atom is 0.322 e. The second-order valence-electron chi connectivity index (χ2n) is 9.45. The van der Waals surface area contributed by atoms with Crippen molar-refractivity contribution in [2.45, 2.75) is 40.3 Å². The van der Waals surface area contributed by atoms with Crippen LogP contribution in [0.25, 0.3) is 17.0 Å². The number of methoxy groups -OCH3 is 1. The average molecular weight is 495 g/mol. The highest BCUT2D eigenvalue weighted by molar-refractivity contribution is 5.87. The van der Waals surface area contributed by atoms with Crippen molar-refractivity contribution in [3.8, 4) is 17.1 Å². The summed E-state index contributed by atoms with van der Waals surface area (Å²) in [5.41, 5.74) is 7.86. The molecule has 1 atom stereocenters. The van der Waals surface area contributed by atoms with E-state index in [-0.39, 0.29) is 6.03 Å². The van der Waals surface area contributed by atoms with Crippen molar-refractivity contribution in [2.24, 2.45) is 0 Å². The van der Waals surface area contributed by atoms with Gasteiger partial charge in [0.05, 0.1) is 25.3 Å². The Morgan fingerprint density at radius 3 is 2.46 bits per heavy atom. The highest BCUT2D eigenvalue weighted by Gasteiger charge is 2.36. The highest BCUT2D eigenvalue weighted by atomic mass is 16.5. The van der Waals surface area contributed by atoms with Gasteiger partial charge in [0.1, 0.15) is 5.75 Å². The van der Waals surface area contributed by atoms with Crippen LogP contribution in [-0.2, 0) is 6.54 Å². The Kier molecular flexibility index (Phi) is 6.53. The van der Waals surface area contributed by atoms with Gasteiger partial charge < -0.3 is 14.6 Å². The fourth-order valence-corrected chi connectivity index (χ4v) is 4.63. The van der Waals surface area contributed by atoms with Crippen LogP contribution in [0.3, 0.4) is 0 Å². The molecule has 0 bridgehead atoms. The summed E-state index contributed by atoms with van der Waals surface area (Å²) >= 11 is 0. The Balaban J connectivity index is 1.59. The maximum atomic E-state index is 13.4. The Labute approximate surface area is 216 Å². The molecular weight excluding hydrogens is 464 g/mol. The number of carbonyl (C=O) groups excluding carboxylic acids is 1. The van der Waals surface area contributed by atoms with Gasteiger partial charge in [-0.2, -0.15) is 4.98 Å². The molecule has 3 aromatic carbocycles. The molecule has 4 aromatic rings. The number of rotatable bonds is 6. The van der Waals surface area contributed by atoms with Crippen LogP contribution in [0.5, 0.6) is 5.75 Å². The van der Waals surface area contributed by atoms with Crippen LogP contribution in [0.2, 0.25) is 0 Å². The zero-order valence-corrected chi connectivity index (χ0v) is 21.7. The number of hydrogen-bond acceptors (Lipinski definition) is 5. The minimum Gasteiger partial charge on any atom is -0.497 e. The number of ether oxygens (including phenoxy) is 1. The number of hydrogen-bond donors (Lipinski definition) is 1. The van der Waals surface area contributed by atoms with E-state index in [0.29, 0.717) is 18.3 Å². The molecule has 2 heterocycles. The lowest BCUT2D eigenvalue weighted by molar-refractivity contribution is 0.203. The Bertz CT molecular complexity index is 1490. The second-order valence-corrected chi connectivity index (χ2v) is 9.45. The number of amides is 2. The monoisotopic (exact) mass is 494 g/mol. The van der Waals surface area contributed by atoms with Crippen LogP contribution < -0.4 is 10.1 Å². The molecule has 0 aliphatic carbocycles. The summed E-state index contributed by atoms with van der Waals surface area (Å²) in [6.07, 6.45) is 0. The largest absolute Gasteiger partial charge is 0.497 e. The maximum absolute atomic E-state index is 13.4. The fraction of sp³-hybridized carbons (Fsp3) is 0.233. The van der Waals surface area contributed by atoms with Gasteiger partial charge in [0.25, 0.3) is 5.89 Å². The molecule has 1 unspecified atom stereocenters. The van der Waals surface area contributed by atoms with Crippen LogP contribution in [0.4, 0.5) is 4.79 Å². The third kappa shape index (κ3) is 4.85. The van der Waals surface area contributed by atoms with Crippen LogP contribution in [0.15, 0.2) is 77.0 Å². The van der Waals surface area contributed by atoms with Crippen molar-refractivity contribution in [1.82, 2.24) is 20.4 Å². The molecule has 1 aromatic heterocycles. The summed E-state index contributed by atoms with van der Waals surface area (Å²) in [6.45, 7) is 8.56. The van der Waals surface area contributed by atoms with Gasteiger partial charge >= 0.3 is 6.03 Å². The van der Waals surface area contributed by atoms with Gasteiger partial charge in [0, 0.05) is 11.3 Å². The summed E-state index contributed by atoms with van der Waals surface area (Å²) in [6, 6.07) is 21.3. The molecule has 1 N–H and O–H groups in total. The van der Waals surface area contributed by atoms with Crippen molar-refractivity contribution in [1.29, 1.82) is 0 Å². The van der Waals surface area contributed by atoms with E-state index < -0.39 is 6.04 Å². The van der Waals surface area contributed by atoms with Gasteiger partial charge in [0.15, 0.2) is 0 Å². The summed E-state index contributed by atoms with van der Waals surface area (Å²) in [7, 11) is 1.63. The quantitative estimate of drug-likeness (QED) is 0.337. The molecule has 7 heteroatoms. The average Bonchev–Trinajstić information content (AvgIpc) is 3.37. The third-order valence-corrected chi connectivity index (χ3v) is 6.89. The predicted octanol–water partition coefficient (Wildman–Crippen LogP) is 6.37. The van der Waals surface area contributed by atoms with E-state index >= 15 is 0 Å². The second kappa shape index (κ2) is 9.93. The van der Waals surface area contributed by atoms with Crippen molar-refractivity contribution in [2.75, 3.05) is 7.11 Å². The molecular formula is C30H30N4O3. The van der Waals surface area contributed by atoms with E-state index in [9.17, 15) is 4.79 Å². The summed E-state index contributed by atoms with van der Waals surface area (Å²) in [5, 5.41) is 7.45. The lowest BCUT2D eigenvalue weighted by atomic mass is 9.92. The standard InChI is InChI=1S/C30H30N4O3/c1-18-7-6-8-22(15-18)17-34-21(4)26(27(31-30(34)35)24-10-9-19(2)20(3)16-24)29-32-28(33-37-29)23-11-13-25(36-5)14-12-23/h6-16,27H,17H2,1-5H3,(H,31,35).